The van der Waals surface area contributed by atoms with Crippen molar-refractivity contribution in [2.24, 2.45) is 0 Å². The summed E-state index contributed by atoms with van der Waals surface area (Å²) in [5.41, 5.74) is 13.1. The first-order chi connectivity index (χ1) is 27.8. The second-order valence-electron chi connectivity index (χ2n) is 14.2. The lowest BCUT2D eigenvalue weighted by molar-refractivity contribution is 0.763. The van der Waals surface area contributed by atoms with Gasteiger partial charge in [-0.15, -0.1) is 0 Å². The first-order valence-electron chi connectivity index (χ1n) is 18.9. The van der Waals surface area contributed by atoms with Crippen LogP contribution in [0.25, 0.3) is 72.8 Å². The molecule has 1 aliphatic carbocycles. The number of rotatable bonds is 6. The van der Waals surface area contributed by atoms with Crippen molar-refractivity contribution < 1.29 is 0 Å². The summed E-state index contributed by atoms with van der Waals surface area (Å²) in [7, 11) is 0. The summed E-state index contributed by atoms with van der Waals surface area (Å²) in [6, 6.07) is 66.4. The van der Waals surface area contributed by atoms with Gasteiger partial charge in [-0.1, -0.05) is 164 Å². The highest BCUT2D eigenvalue weighted by atomic mass is 15.2. The minimum absolute atomic E-state index is 0.525. The number of hydrogen-bond donors (Lipinski definition) is 0. The molecule has 0 N–H and O–H groups in total. The summed E-state index contributed by atoms with van der Waals surface area (Å²) in [4.78, 5) is 19.9. The van der Waals surface area contributed by atoms with Crippen molar-refractivity contribution in [2.75, 3.05) is 0 Å². The van der Waals surface area contributed by atoms with Crippen LogP contribution in [0.4, 0.5) is 0 Å². The molecule has 10 aromatic rings. The predicted molar refractivity (Wildman–Crippen MR) is 226 cm³/mol. The van der Waals surface area contributed by atoms with Crippen LogP contribution in [0.5, 0.6) is 0 Å². The molecule has 7 aromatic carbocycles. The van der Waals surface area contributed by atoms with Gasteiger partial charge in [-0.2, -0.15) is 9.97 Å². The summed E-state index contributed by atoms with van der Waals surface area (Å²) in [5.74, 6) is 1.84. The fraction of sp³-hybridized carbons (Fsp3) is 0.0196. The minimum Gasteiger partial charge on any atom is -0.278 e. The highest BCUT2D eigenvalue weighted by molar-refractivity contribution is 6.11. The standard InChI is InChI=1S/C51H33N5/c1-4-16-34(17-5-1)48-53-49(35-18-6-2-7-19-35)55-50(54-48)56-45-28-13-11-23-40(45)42-32-36(29-30-46(42)56)39-25-14-27-44-47(39)41-24-10-12-26-43(41)51(44,37-20-8-3-9-21-37)38-22-15-31-52-33-38/h1-33H. The Morgan fingerprint density at radius 1 is 0.411 bits per heavy atom. The van der Waals surface area contributed by atoms with Gasteiger partial charge < -0.3 is 0 Å². The minimum atomic E-state index is -0.525. The van der Waals surface area contributed by atoms with Gasteiger partial charge in [0.2, 0.25) is 5.95 Å². The first-order valence-corrected chi connectivity index (χ1v) is 18.9. The van der Waals surface area contributed by atoms with E-state index in [2.05, 4.69) is 131 Å². The third kappa shape index (κ3) is 4.81. The van der Waals surface area contributed by atoms with E-state index in [-0.39, 0.29) is 0 Å². The lowest BCUT2D eigenvalue weighted by Gasteiger charge is -2.33. The summed E-state index contributed by atoms with van der Waals surface area (Å²) in [6.07, 6.45) is 3.88. The average molecular weight is 716 g/mol. The highest BCUT2D eigenvalue weighted by Gasteiger charge is 2.47. The van der Waals surface area contributed by atoms with Crippen LogP contribution in [-0.4, -0.2) is 24.5 Å². The number of fused-ring (bicyclic) bond motifs is 6. The quantitative estimate of drug-likeness (QED) is 0.172. The van der Waals surface area contributed by atoms with Crippen LogP contribution in [0.2, 0.25) is 0 Å². The molecular weight excluding hydrogens is 683 g/mol. The molecule has 0 spiro atoms. The monoisotopic (exact) mass is 715 g/mol. The van der Waals surface area contributed by atoms with Crippen molar-refractivity contribution in [1.82, 2.24) is 24.5 Å². The van der Waals surface area contributed by atoms with Crippen LogP contribution in [0.15, 0.2) is 200 Å². The van der Waals surface area contributed by atoms with Crippen molar-refractivity contribution in [2.45, 2.75) is 5.41 Å². The van der Waals surface area contributed by atoms with Crippen molar-refractivity contribution in [1.29, 1.82) is 0 Å². The number of aromatic nitrogens is 5. The van der Waals surface area contributed by atoms with E-state index < -0.39 is 5.41 Å². The number of para-hydroxylation sites is 1. The zero-order valence-electron chi connectivity index (χ0n) is 30.3. The molecule has 1 atom stereocenters. The third-order valence-electron chi connectivity index (χ3n) is 11.2. The molecule has 56 heavy (non-hydrogen) atoms. The third-order valence-corrected chi connectivity index (χ3v) is 11.2. The first kappa shape index (κ1) is 32.0. The second kappa shape index (κ2) is 12.8. The number of benzene rings is 7. The van der Waals surface area contributed by atoms with Gasteiger partial charge in [0, 0.05) is 34.3 Å². The van der Waals surface area contributed by atoms with Crippen LogP contribution in [0, 0.1) is 0 Å². The van der Waals surface area contributed by atoms with Crippen molar-refractivity contribution in [3.8, 4) is 51.0 Å². The fourth-order valence-corrected chi connectivity index (χ4v) is 8.88. The van der Waals surface area contributed by atoms with E-state index in [4.69, 9.17) is 15.0 Å². The van der Waals surface area contributed by atoms with Crippen molar-refractivity contribution in [3.05, 3.63) is 223 Å². The van der Waals surface area contributed by atoms with Crippen LogP contribution >= 0.6 is 0 Å². The van der Waals surface area contributed by atoms with Crippen LogP contribution in [-0.2, 0) is 5.41 Å². The molecule has 0 amide bonds. The molecular formula is C51H33N5. The van der Waals surface area contributed by atoms with Crippen LogP contribution < -0.4 is 0 Å². The van der Waals surface area contributed by atoms with E-state index in [1.165, 1.54) is 33.4 Å². The molecule has 0 bridgehead atoms. The molecule has 0 saturated heterocycles. The molecule has 0 radical (unpaired) electrons. The Bertz CT molecular complexity index is 2970. The van der Waals surface area contributed by atoms with Gasteiger partial charge in [-0.25, -0.2) is 4.98 Å². The summed E-state index contributed by atoms with van der Waals surface area (Å²) < 4.78 is 2.18. The van der Waals surface area contributed by atoms with Gasteiger partial charge in [-0.3, -0.25) is 9.55 Å². The van der Waals surface area contributed by atoms with Crippen LogP contribution in [0.3, 0.4) is 0 Å². The van der Waals surface area contributed by atoms with Gasteiger partial charge >= 0.3 is 0 Å². The summed E-state index contributed by atoms with van der Waals surface area (Å²) >= 11 is 0. The Labute approximate surface area is 324 Å². The maximum absolute atomic E-state index is 5.13. The Morgan fingerprint density at radius 3 is 1.75 bits per heavy atom. The zero-order valence-corrected chi connectivity index (χ0v) is 30.3. The van der Waals surface area contributed by atoms with E-state index in [9.17, 15) is 0 Å². The van der Waals surface area contributed by atoms with Crippen molar-refractivity contribution >= 4 is 21.8 Å². The number of pyridine rings is 1. The van der Waals surface area contributed by atoms with E-state index in [0.717, 1.165) is 44.1 Å². The Morgan fingerprint density at radius 2 is 1.02 bits per heavy atom. The molecule has 5 heteroatoms. The normalized spacial score (nSPS) is 14.5. The second-order valence-corrected chi connectivity index (χ2v) is 14.2. The molecule has 0 fully saturated rings. The smallest absolute Gasteiger partial charge is 0.238 e. The van der Waals surface area contributed by atoms with E-state index in [1.54, 1.807) is 0 Å². The van der Waals surface area contributed by atoms with Crippen LogP contribution in [0.1, 0.15) is 22.3 Å². The number of nitrogens with zero attached hydrogens (tertiary/aromatic N) is 5. The lowest BCUT2D eigenvalue weighted by Crippen LogP contribution is -2.28. The van der Waals surface area contributed by atoms with Gasteiger partial charge in [0.1, 0.15) is 0 Å². The van der Waals surface area contributed by atoms with Gasteiger partial charge in [0.25, 0.3) is 0 Å². The molecule has 0 aliphatic heterocycles. The maximum Gasteiger partial charge on any atom is 0.238 e. The molecule has 262 valence electrons. The number of hydrogen-bond acceptors (Lipinski definition) is 4. The van der Waals surface area contributed by atoms with Gasteiger partial charge in [0.05, 0.1) is 16.4 Å². The van der Waals surface area contributed by atoms with Gasteiger partial charge in [-0.05, 0) is 68.8 Å². The van der Waals surface area contributed by atoms with E-state index >= 15 is 0 Å². The topological polar surface area (TPSA) is 56.5 Å². The molecule has 1 aliphatic rings. The van der Waals surface area contributed by atoms with E-state index in [0.29, 0.717) is 17.6 Å². The largest absolute Gasteiger partial charge is 0.278 e. The maximum atomic E-state index is 5.13. The van der Waals surface area contributed by atoms with Gasteiger partial charge in [0.15, 0.2) is 11.6 Å². The fourth-order valence-electron chi connectivity index (χ4n) is 8.88. The molecule has 11 rings (SSSR count). The highest BCUT2D eigenvalue weighted by Crippen LogP contribution is 2.58. The van der Waals surface area contributed by atoms with Crippen molar-refractivity contribution in [3.63, 3.8) is 0 Å². The molecule has 3 aromatic heterocycles. The SMILES string of the molecule is c1ccc(-c2nc(-c3ccccc3)nc(-n3c4ccccc4c4cc(-c5cccc6c5-c5ccccc5C6(c5ccccc5)c5cccnc5)ccc43)n2)cc1. The lowest BCUT2D eigenvalue weighted by atomic mass is 9.68. The molecule has 5 nitrogen and oxygen atoms in total. The Balaban J connectivity index is 1.15. The van der Waals surface area contributed by atoms with E-state index in [1.807, 2.05) is 79.1 Å². The Kier molecular flexibility index (Phi) is 7.32. The predicted octanol–water partition coefficient (Wildman–Crippen LogP) is 11.7. The molecule has 3 heterocycles. The summed E-state index contributed by atoms with van der Waals surface area (Å²) in [6.45, 7) is 0. The zero-order chi connectivity index (χ0) is 37.1. The molecule has 1 unspecified atom stereocenters. The Hall–Kier alpha value is -7.50. The molecule has 0 saturated carbocycles. The average Bonchev–Trinajstić information content (AvgIpc) is 3.78. The summed E-state index contributed by atoms with van der Waals surface area (Å²) in [5, 5.41) is 2.26.